The topological polar surface area (TPSA) is 78.9 Å². The number of carbonyl (C=O) groups is 3. The molecule has 0 fully saturated rings. The normalized spacial score (nSPS) is 12.3. The van der Waals surface area contributed by atoms with Gasteiger partial charge in [0.15, 0.2) is 6.10 Å². The Labute approximate surface area is 454 Å². The lowest BCUT2D eigenvalue weighted by Gasteiger charge is -2.18. The number of hydrogen-bond donors (Lipinski definition) is 0. The van der Waals surface area contributed by atoms with Crippen molar-refractivity contribution in [3.05, 3.63) is 48.6 Å². The minimum Gasteiger partial charge on any atom is -0.462 e. The average Bonchev–Trinajstić information content (AvgIpc) is 3.39. The maximum absolute atomic E-state index is 12.9. The van der Waals surface area contributed by atoms with Crippen LogP contribution in [0, 0.1) is 0 Å². The molecule has 0 N–H and O–H groups in total. The third-order valence-electron chi connectivity index (χ3n) is 14.3. The van der Waals surface area contributed by atoms with Crippen molar-refractivity contribution in [3.8, 4) is 0 Å². The summed E-state index contributed by atoms with van der Waals surface area (Å²) in [4.78, 5) is 38.3. The Bertz CT molecular complexity index is 1270. The lowest BCUT2D eigenvalue weighted by atomic mass is 10.0. The van der Waals surface area contributed by atoms with Crippen molar-refractivity contribution in [2.75, 3.05) is 13.2 Å². The summed E-state index contributed by atoms with van der Waals surface area (Å²) in [6.45, 7) is 6.64. The summed E-state index contributed by atoms with van der Waals surface area (Å²) < 4.78 is 16.9. The second-order valence-corrected chi connectivity index (χ2v) is 21.7. The monoisotopic (exact) mass is 1020 g/mol. The van der Waals surface area contributed by atoms with E-state index in [1.54, 1.807) is 0 Å². The number of rotatable bonds is 59. The fourth-order valence-corrected chi connectivity index (χ4v) is 9.45. The average molecular weight is 1020 g/mol. The van der Waals surface area contributed by atoms with Crippen molar-refractivity contribution >= 4 is 17.9 Å². The predicted octanol–water partition coefficient (Wildman–Crippen LogP) is 21.8. The molecular weight excluding hydrogens is 901 g/mol. The van der Waals surface area contributed by atoms with Crippen molar-refractivity contribution in [2.24, 2.45) is 0 Å². The second-order valence-electron chi connectivity index (χ2n) is 21.7. The van der Waals surface area contributed by atoms with E-state index in [0.717, 1.165) is 83.5 Å². The van der Waals surface area contributed by atoms with Crippen LogP contribution in [0.15, 0.2) is 48.6 Å². The number of ether oxygens (including phenoxy) is 3. The molecule has 0 amide bonds. The first kappa shape index (κ1) is 70.4. The van der Waals surface area contributed by atoms with Crippen LogP contribution in [-0.2, 0) is 28.6 Å². The number of allylic oxidation sites excluding steroid dienone is 8. The van der Waals surface area contributed by atoms with Gasteiger partial charge in [-0.05, 0) is 83.5 Å². The molecule has 0 aromatic rings. The fourth-order valence-electron chi connectivity index (χ4n) is 9.45. The SMILES string of the molecule is CCCCC/C=C\C/C=C\C/C=C\CCCCCCC(=O)OC[C@H](COC(=O)CCCCCCCCCCCCCCCCCCC)OC(=O)CCCCCCCCCCCCC/C=C\CCCCCCCC. The highest BCUT2D eigenvalue weighted by molar-refractivity contribution is 5.71. The van der Waals surface area contributed by atoms with Gasteiger partial charge in [0.2, 0.25) is 0 Å². The standard InChI is InChI=1S/C67H122O6/c1-4-7-10-13-16-19-22-25-28-31-32-33-34-37-40-43-46-49-52-55-58-61-67(70)73-64(62-71-65(68)59-56-53-50-47-44-41-38-35-29-26-23-20-17-14-11-8-5-2)63-72-66(69)60-57-54-51-48-45-42-39-36-30-27-24-21-18-15-12-9-6-3/h17,20,25-26,28-29,38,41,64H,4-16,18-19,21-24,27,30-37,39-40,42-63H2,1-3H3/b20-17-,28-25-,29-26-,41-38-/t64-/m1/s1. The first-order valence-corrected chi connectivity index (χ1v) is 32.1. The van der Waals surface area contributed by atoms with E-state index >= 15 is 0 Å². The summed E-state index contributed by atoms with van der Waals surface area (Å²) in [6.07, 6.45) is 76.8. The summed E-state index contributed by atoms with van der Waals surface area (Å²) in [7, 11) is 0. The Kier molecular flexibility index (Phi) is 59.7. The zero-order chi connectivity index (χ0) is 52.9. The van der Waals surface area contributed by atoms with Gasteiger partial charge in [-0.1, -0.05) is 288 Å². The van der Waals surface area contributed by atoms with Gasteiger partial charge in [0.05, 0.1) is 0 Å². The third-order valence-corrected chi connectivity index (χ3v) is 14.3. The van der Waals surface area contributed by atoms with Crippen LogP contribution in [0.3, 0.4) is 0 Å². The maximum Gasteiger partial charge on any atom is 0.306 e. The minimum atomic E-state index is -0.782. The van der Waals surface area contributed by atoms with Crippen LogP contribution in [0.1, 0.15) is 342 Å². The lowest BCUT2D eigenvalue weighted by molar-refractivity contribution is -0.167. The van der Waals surface area contributed by atoms with Crippen LogP contribution < -0.4 is 0 Å². The van der Waals surface area contributed by atoms with Crippen LogP contribution in [-0.4, -0.2) is 37.2 Å². The zero-order valence-corrected chi connectivity index (χ0v) is 48.9. The van der Waals surface area contributed by atoms with E-state index in [4.69, 9.17) is 14.2 Å². The van der Waals surface area contributed by atoms with E-state index in [1.807, 2.05) is 0 Å². The van der Waals surface area contributed by atoms with Crippen LogP contribution in [0.25, 0.3) is 0 Å². The molecule has 0 saturated carbocycles. The summed E-state index contributed by atoms with van der Waals surface area (Å²) in [6, 6.07) is 0. The molecule has 0 radical (unpaired) electrons. The van der Waals surface area contributed by atoms with Crippen molar-refractivity contribution in [2.45, 2.75) is 348 Å². The molecule has 426 valence electrons. The predicted molar refractivity (Wildman–Crippen MR) is 316 cm³/mol. The quantitative estimate of drug-likeness (QED) is 0.0261. The van der Waals surface area contributed by atoms with Gasteiger partial charge in [0.25, 0.3) is 0 Å². The zero-order valence-electron chi connectivity index (χ0n) is 48.9. The van der Waals surface area contributed by atoms with Gasteiger partial charge in [-0.3, -0.25) is 14.4 Å². The Hall–Kier alpha value is -2.63. The van der Waals surface area contributed by atoms with E-state index < -0.39 is 6.10 Å². The molecule has 1 atom stereocenters. The summed E-state index contributed by atoms with van der Waals surface area (Å²) in [5.74, 6) is -0.878. The molecule has 6 heteroatoms. The summed E-state index contributed by atoms with van der Waals surface area (Å²) in [5, 5.41) is 0. The molecule has 0 saturated heterocycles. The van der Waals surface area contributed by atoms with Crippen LogP contribution >= 0.6 is 0 Å². The molecule has 0 spiro atoms. The molecule has 0 unspecified atom stereocenters. The fraction of sp³-hybridized carbons (Fsp3) is 0.836. The Morgan fingerprint density at radius 3 is 0.808 bits per heavy atom. The molecule has 0 rings (SSSR count). The first-order chi connectivity index (χ1) is 36.0. The minimum absolute atomic E-state index is 0.0767. The Morgan fingerprint density at radius 1 is 0.274 bits per heavy atom. The molecule has 0 aliphatic carbocycles. The van der Waals surface area contributed by atoms with Gasteiger partial charge in [0, 0.05) is 19.3 Å². The van der Waals surface area contributed by atoms with Crippen LogP contribution in [0.2, 0.25) is 0 Å². The van der Waals surface area contributed by atoms with Gasteiger partial charge in [-0.2, -0.15) is 0 Å². The Morgan fingerprint density at radius 2 is 0.493 bits per heavy atom. The molecule has 0 aromatic carbocycles. The molecule has 0 aromatic heterocycles. The molecule has 6 nitrogen and oxygen atoms in total. The smallest absolute Gasteiger partial charge is 0.306 e. The van der Waals surface area contributed by atoms with E-state index in [0.29, 0.717) is 19.3 Å². The summed E-state index contributed by atoms with van der Waals surface area (Å²) in [5.41, 5.74) is 0. The maximum atomic E-state index is 12.9. The van der Waals surface area contributed by atoms with Crippen molar-refractivity contribution in [3.63, 3.8) is 0 Å². The lowest BCUT2D eigenvalue weighted by Crippen LogP contribution is -2.30. The van der Waals surface area contributed by atoms with Crippen molar-refractivity contribution in [1.29, 1.82) is 0 Å². The highest BCUT2D eigenvalue weighted by atomic mass is 16.6. The number of esters is 3. The molecule has 0 aliphatic rings. The summed E-state index contributed by atoms with van der Waals surface area (Å²) >= 11 is 0. The van der Waals surface area contributed by atoms with Gasteiger partial charge in [0.1, 0.15) is 13.2 Å². The van der Waals surface area contributed by atoms with Crippen molar-refractivity contribution < 1.29 is 28.6 Å². The largest absolute Gasteiger partial charge is 0.462 e. The van der Waals surface area contributed by atoms with E-state index in [9.17, 15) is 14.4 Å². The molecule has 0 bridgehead atoms. The Balaban J connectivity index is 4.36. The van der Waals surface area contributed by atoms with E-state index in [1.165, 1.54) is 218 Å². The van der Waals surface area contributed by atoms with Gasteiger partial charge in [-0.15, -0.1) is 0 Å². The number of carbonyl (C=O) groups excluding carboxylic acids is 3. The highest BCUT2D eigenvalue weighted by Crippen LogP contribution is 2.17. The number of unbranched alkanes of at least 4 members (excludes halogenated alkanes) is 40. The van der Waals surface area contributed by atoms with Crippen LogP contribution in [0.5, 0.6) is 0 Å². The van der Waals surface area contributed by atoms with Gasteiger partial charge >= 0.3 is 17.9 Å². The number of hydrogen-bond acceptors (Lipinski definition) is 6. The highest BCUT2D eigenvalue weighted by Gasteiger charge is 2.19. The molecule has 0 aliphatic heterocycles. The molecule has 73 heavy (non-hydrogen) atoms. The van der Waals surface area contributed by atoms with Gasteiger partial charge in [-0.25, -0.2) is 0 Å². The molecule has 0 heterocycles. The third kappa shape index (κ3) is 60.1. The molecular formula is C67H122O6. The van der Waals surface area contributed by atoms with E-state index in [2.05, 4.69) is 69.4 Å². The first-order valence-electron chi connectivity index (χ1n) is 32.1. The van der Waals surface area contributed by atoms with Crippen molar-refractivity contribution in [1.82, 2.24) is 0 Å². The van der Waals surface area contributed by atoms with E-state index in [-0.39, 0.29) is 31.1 Å². The van der Waals surface area contributed by atoms with Crippen LogP contribution in [0.4, 0.5) is 0 Å². The second kappa shape index (κ2) is 61.9. The van der Waals surface area contributed by atoms with Gasteiger partial charge < -0.3 is 14.2 Å².